The molecule has 0 bridgehead atoms. The third kappa shape index (κ3) is 2.73. The van der Waals surface area contributed by atoms with Crippen LogP contribution in [0.3, 0.4) is 0 Å². The van der Waals surface area contributed by atoms with Gasteiger partial charge in [-0.05, 0) is 49.4 Å². The van der Waals surface area contributed by atoms with Crippen LogP contribution in [0, 0.1) is 6.92 Å². The fourth-order valence-electron chi connectivity index (χ4n) is 2.97. The number of hydrogen-bond donors (Lipinski definition) is 1. The Kier molecular flexibility index (Phi) is 3.49. The van der Waals surface area contributed by atoms with Gasteiger partial charge in [-0.2, -0.15) is 0 Å². The van der Waals surface area contributed by atoms with Crippen molar-refractivity contribution in [3.05, 3.63) is 70.0 Å². The van der Waals surface area contributed by atoms with Gasteiger partial charge in [0, 0.05) is 11.4 Å². The second-order valence-electron chi connectivity index (χ2n) is 6.28. The van der Waals surface area contributed by atoms with Crippen molar-refractivity contribution in [2.75, 3.05) is 0 Å². The van der Waals surface area contributed by atoms with E-state index < -0.39 is 0 Å². The lowest BCUT2D eigenvalue weighted by molar-refractivity contribution is 0.0711. The lowest BCUT2D eigenvalue weighted by Gasteiger charge is -2.21. The number of furan rings is 1. The number of fused-ring (bicyclic) bond motifs is 1. The van der Waals surface area contributed by atoms with Gasteiger partial charge in [-0.3, -0.25) is 9.59 Å². The number of amides is 1. The molecule has 3 aromatic rings. The summed E-state index contributed by atoms with van der Waals surface area (Å²) in [6, 6.07) is 13.0. The highest BCUT2D eigenvalue weighted by atomic mass is 16.3. The van der Waals surface area contributed by atoms with E-state index in [9.17, 15) is 9.59 Å². The number of benzene rings is 1. The molecule has 1 aliphatic carbocycles. The van der Waals surface area contributed by atoms with Gasteiger partial charge in [-0.15, -0.1) is 0 Å². The third-order valence-corrected chi connectivity index (χ3v) is 4.35. The number of aryl methyl sites for hydroxylation is 1. The van der Waals surface area contributed by atoms with Crippen LogP contribution in [0.4, 0.5) is 0 Å². The third-order valence-electron chi connectivity index (χ3n) is 4.35. The first-order chi connectivity index (χ1) is 11.6. The molecule has 2 heterocycles. The van der Waals surface area contributed by atoms with Crippen LogP contribution in [0.2, 0.25) is 0 Å². The topological polar surface area (TPSA) is 66.3 Å². The van der Waals surface area contributed by atoms with E-state index in [2.05, 4.69) is 4.98 Å². The first-order valence-corrected chi connectivity index (χ1v) is 8.10. The molecule has 1 saturated carbocycles. The van der Waals surface area contributed by atoms with Crippen molar-refractivity contribution < 1.29 is 9.21 Å². The first kappa shape index (κ1) is 14.8. The highest BCUT2D eigenvalue weighted by molar-refractivity contribution is 5.96. The molecule has 1 fully saturated rings. The van der Waals surface area contributed by atoms with Crippen molar-refractivity contribution in [2.24, 2.45) is 0 Å². The second-order valence-corrected chi connectivity index (χ2v) is 6.28. The van der Waals surface area contributed by atoms with Crippen LogP contribution in [-0.2, 0) is 6.54 Å². The number of pyridine rings is 1. The first-order valence-electron chi connectivity index (χ1n) is 8.10. The Hall–Kier alpha value is -2.82. The van der Waals surface area contributed by atoms with Gasteiger partial charge in [-0.25, -0.2) is 0 Å². The Bertz CT molecular complexity index is 966. The van der Waals surface area contributed by atoms with Gasteiger partial charge in [0.15, 0.2) is 0 Å². The second kappa shape index (κ2) is 5.67. The van der Waals surface area contributed by atoms with E-state index in [1.807, 2.05) is 37.3 Å². The molecular formula is C19H18N2O3. The molecule has 0 spiro atoms. The minimum absolute atomic E-state index is 0.158. The molecule has 0 aliphatic heterocycles. The average Bonchev–Trinajstić information content (AvgIpc) is 3.34. The zero-order valence-corrected chi connectivity index (χ0v) is 13.4. The number of hydrogen-bond acceptors (Lipinski definition) is 3. The van der Waals surface area contributed by atoms with Crippen LogP contribution in [-0.4, -0.2) is 21.8 Å². The molecule has 5 nitrogen and oxygen atoms in total. The van der Waals surface area contributed by atoms with Gasteiger partial charge in [0.2, 0.25) is 0 Å². The normalized spacial score (nSPS) is 14.0. The van der Waals surface area contributed by atoms with Crippen molar-refractivity contribution in [1.29, 1.82) is 0 Å². The summed E-state index contributed by atoms with van der Waals surface area (Å²) >= 11 is 0. The fraction of sp³-hybridized carbons (Fsp3) is 0.263. The monoisotopic (exact) mass is 322 g/mol. The average molecular weight is 322 g/mol. The standard InChI is InChI=1S/C19H18N2O3/c1-12-6-9-15(24-12)11-21(14-7-8-14)19(23)17-10-13-4-2-3-5-16(13)18(22)20-17/h2-6,9-10,14H,7-8,11H2,1H3,(H,20,22). The van der Waals surface area contributed by atoms with Gasteiger partial charge < -0.3 is 14.3 Å². The molecule has 0 unspecified atom stereocenters. The highest BCUT2D eigenvalue weighted by Gasteiger charge is 2.34. The minimum atomic E-state index is -0.235. The van der Waals surface area contributed by atoms with Crippen LogP contribution in [0.5, 0.6) is 0 Å². The molecule has 0 atom stereocenters. The summed E-state index contributed by atoms with van der Waals surface area (Å²) in [4.78, 5) is 29.7. The van der Waals surface area contributed by atoms with Gasteiger partial charge in [-0.1, -0.05) is 18.2 Å². The number of carbonyl (C=O) groups is 1. The van der Waals surface area contributed by atoms with Gasteiger partial charge >= 0.3 is 0 Å². The molecule has 1 aliphatic rings. The molecular weight excluding hydrogens is 304 g/mol. The van der Waals surface area contributed by atoms with Crippen LogP contribution in [0.1, 0.15) is 34.9 Å². The Morgan fingerprint density at radius 2 is 2.04 bits per heavy atom. The van der Waals surface area contributed by atoms with Crippen molar-refractivity contribution in [3.8, 4) is 0 Å². The molecule has 1 aromatic carbocycles. The molecule has 24 heavy (non-hydrogen) atoms. The van der Waals surface area contributed by atoms with Gasteiger partial charge in [0.25, 0.3) is 11.5 Å². The summed E-state index contributed by atoms with van der Waals surface area (Å²) in [5.41, 5.74) is 0.0925. The van der Waals surface area contributed by atoms with Crippen LogP contribution in [0.15, 0.2) is 51.7 Å². The molecule has 0 radical (unpaired) electrons. The Morgan fingerprint density at radius 3 is 2.75 bits per heavy atom. The van der Waals surface area contributed by atoms with Crippen molar-refractivity contribution >= 4 is 16.7 Å². The molecule has 0 saturated heterocycles. The maximum atomic E-state index is 12.9. The summed E-state index contributed by atoms with van der Waals surface area (Å²) < 4.78 is 5.61. The number of rotatable bonds is 4. The van der Waals surface area contributed by atoms with E-state index in [-0.39, 0.29) is 17.5 Å². The minimum Gasteiger partial charge on any atom is -0.464 e. The van der Waals surface area contributed by atoms with E-state index >= 15 is 0 Å². The Labute approximate surface area is 138 Å². The van der Waals surface area contributed by atoms with E-state index in [1.54, 1.807) is 17.0 Å². The zero-order chi connectivity index (χ0) is 16.7. The number of nitrogens with one attached hydrogen (secondary N) is 1. The van der Waals surface area contributed by atoms with E-state index in [0.717, 1.165) is 29.7 Å². The molecule has 1 amide bonds. The number of carbonyl (C=O) groups excluding carboxylic acids is 1. The van der Waals surface area contributed by atoms with Gasteiger partial charge in [0.05, 0.1) is 6.54 Å². The summed E-state index contributed by atoms with van der Waals surface area (Å²) in [6.07, 6.45) is 1.98. The SMILES string of the molecule is Cc1ccc(CN(C(=O)c2cc3ccccc3c(=O)[nH]2)C2CC2)o1. The maximum Gasteiger partial charge on any atom is 0.271 e. The van der Waals surface area contributed by atoms with E-state index in [0.29, 0.717) is 17.6 Å². The quantitative estimate of drug-likeness (QED) is 0.802. The molecule has 122 valence electrons. The largest absolute Gasteiger partial charge is 0.464 e. The smallest absolute Gasteiger partial charge is 0.271 e. The number of aromatic amines is 1. The number of aromatic nitrogens is 1. The predicted molar refractivity (Wildman–Crippen MR) is 90.9 cm³/mol. The van der Waals surface area contributed by atoms with Crippen LogP contribution >= 0.6 is 0 Å². The molecule has 4 rings (SSSR count). The summed E-state index contributed by atoms with van der Waals surface area (Å²) in [5, 5.41) is 1.36. The summed E-state index contributed by atoms with van der Waals surface area (Å²) in [6.45, 7) is 2.31. The summed E-state index contributed by atoms with van der Waals surface area (Å²) in [7, 11) is 0. The fourth-order valence-corrected chi connectivity index (χ4v) is 2.97. The van der Waals surface area contributed by atoms with E-state index in [1.165, 1.54) is 0 Å². The number of H-pyrrole nitrogens is 1. The van der Waals surface area contributed by atoms with Crippen molar-refractivity contribution in [1.82, 2.24) is 9.88 Å². The van der Waals surface area contributed by atoms with Crippen LogP contribution < -0.4 is 5.56 Å². The maximum absolute atomic E-state index is 12.9. The van der Waals surface area contributed by atoms with E-state index in [4.69, 9.17) is 4.42 Å². The lowest BCUT2D eigenvalue weighted by atomic mass is 10.1. The highest BCUT2D eigenvalue weighted by Crippen LogP contribution is 2.30. The van der Waals surface area contributed by atoms with Gasteiger partial charge in [0.1, 0.15) is 17.2 Å². The zero-order valence-electron chi connectivity index (χ0n) is 13.4. The summed E-state index contributed by atoms with van der Waals surface area (Å²) in [5.74, 6) is 1.43. The number of nitrogens with zero attached hydrogens (tertiary/aromatic N) is 1. The molecule has 1 N–H and O–H groups in total. The Morgan fingerprint density at radius 1 is 1.25 bits per heavy atom. The predicted octanol–water partition coefficient (Wildman–Crippen LogP) is 3.23. The lowest BCUT2D eigenvalue weighted by Crippen LogP contribution is -2.34. The van der Waals surface area contributed by atoms with Crippen molar-refractivity contribution in [2.45, 2.75) is 32.4 Å². The van der Waals surface area contributed by atoms with Crippen molar-refractivity contribution in [3.63, 3.8) is 0 Å². The Balaban J connectivity index is 1.68. The van der Waals surface area contributed by atoms with Crippen LogP contribution in [0.25, 0.3) is 10.8 Å². The molecule has 5 heteroatoms. The molecule has 2 aromatic heterocycles.